The van der Waals surface area contributed by atoms with Gasteiger partial charge in [-0.2, -0.15) is 0 Å². The molecule has 1 aromatic rings. The first-order valence-corrected chi connectivity index (χ1v) is 6.70. The molecule has 0 spiro atoms. The monoisotopic (exact) mass is 240 g/mol. The molecule has 1 N–H and O–H groups in total. The molecule has 0 saturated heterocycles. The molecule has 0 amide bonds. The van der Waals surface area contributed by atoms with Crippen LogP contribution in [0.4, 0.5) is 0 Å². The Morgan fingerprint density at radius 3 is 2.50 bits per heavy atom. The Bertz CT molecular complexity index is 362. The van der Waals surface area contributed by atoms with Gasteiger partial charge < -0.3 is 5.11 Å². The van der Waals surface area contributed by atoms with Gasteiger partial charge in [-0.1, -0.05) is 43.7 Å². The second kappa shape index (κ2) is 6.43. The van der Waals surface area contributed by atoms with E-state index >= 15 is 0 Å². The third kappa shape index (κ3) is 3.45. The van der Waals surface area contributed by atoms with Crippen molar-refractivity contribution in [3.63, 3.8) is 0 Å². The molecule has 0 aromatic heterocycles. The van der Waals surface area contributed by atoms with Crippen molar-refractivity contribution in [2.45, 2.75) is 25.0 Å². The Labute approximate surface area is 98.0 Å². The van der Waals surface area contributed by atoms with Crippen LogP contribution in [0.5, 0.6) is 0 Å². The van der Waals surface area contributed by atoms with Crippen molar-refractivity contribution < 1.29 is 14.1 Å². The van der Waals surface area contributed by atoms with Gasteiger partial charge in [-0.25, -0.2) is 0 Å². The van der Waals surface area contributed by atoms with Crippen LogP contribution in [0.2, 0.25) is 0 Å². The molecule has 3 nitrogen and oxygen atoms in total. The summed E-state index contributed by atoms with van der Waals surface area (Å²) in [5.74, 6) is -0.567. The molecule has 0 aliphatic heterocycles. The van der Waals surface area contributed by atoms with Crippen LogP contribution in [0, 0.1) is 0 Å². The number of aliphatic carboxylic acids is 1. The number of hydrogen-bond acceptors (Lipinski definition) is 2. The zero-order valence-electron chi connectivity index (χ0n) is 9.26. The van der Waals surface area contributed by atoms with Crippen LogP contribution in [0.25, 0.3) is 0 Å². The number of hydrogen-bond donors (Lipinski definition) is 1. The highest BCUT2D eigenvalue weighted by molar-refractivity contribution is 7.86. The summed E-state index contributed by atoms with van der Waals surface area (Å²) in [7, 11) is -1.34. The van der Waals surface area contributed by atoms with Gasteiger partial charge in [-0.15, -0.1) is 0 Å². The molecular formula is C12H16O3S. The molecule has 0 fully saturated rings. The van der Waals surface area contributed by atoms with E-state index in [-0.39, 0.29) is 0 Å². The van der Waals surface area contributed by atoms with E-state index in [0.717, 1.165) is 12.8 Å². The summed E-state index contributed by atoms with van der Waals surface area (Å²) in [6.45, 7) is 2.00. The highest BCUT2D eigenvalue weighted by Crippen LogP contribution is 2.20. The van der Waals surface area contributed by atoms with Crippen molar-refractivity contribution in [3.05, 3.63) is 35.9 Å². The van der Waals surface area contributed by atoms with Gasteiger partial charge in [0.15, 0.2) is 5.25 Å². The second-order valence-corrected chi connectivity index (χ2v) is 5.21. The molecule has 1 aromatic carbocycles. The van der Waals surface area contributed by atoms with Crippen molar-refractivity contribution in [3.8, 4) is 0 Å². The molecule has 0 aliphatic rings. The summed E-state index contributed by atoms with van der Waals surface area (Å²) in [5, 5.41) is 8.21. The molecule has 0 saturated carbocycles. The van der Waals surface area contributed by atoms with Gasteiger partial charge in [0, 0.05) is 16.6 Å². The minimum atomic E-state index is -1.34. The summed E-state index contributed by atoms with van der Waals surface area (Å²) in [6, 6.07) is 8.77. The molecular weight excluding hydrogens is 224 g/mol. The predicted octanol–water partition coefficient (Wildman–Crippen LogP) is 2.36. The first-order valence-electron chi connectivity index (χ1n) is 5.31. The number of carboxylic acid groups (broad SMARTS) is 1. The van der Waals surface area contributed by atoms with Crippen molar-refractivity contribution in [2.75, 3.05) is 5.75 Å². The van der Waals surface area contributed by atoms with Crippen LogP contribution < -0.4 is 0 Å². The van der Waals surface area contributed by atoms with Crippen molar-refractivity contribution in [1.82, 2.24) is 0 Å². The fourth-order valence-corrected chi connectivity index (χ4v) is 2.93. The van der Waals surface area contributed by atoms with Crippen molar-refractivity contribution in [2.24, 2.45) is 0 Å². The molecule has 0 aliphatic carbocycles. The third-order valence-electron chi connectivity index (χ3n) is 2.29. The van der Waals surface area contributed by atoms with Crippen LogP contribution in [0.15, 0.2) is 30.3 Å². The minimum absolute atomic E-state index is 0.447. The lowest BCUT2D eigenvalue weighted by Gasteiger charge is -2.12. The van der Waals surface area contributed by atoms with E-state index in [0.29, 0.717) is 11.3 Å². The molecule has 4 heteroatoms. The lowest BCUT2D eigenvalue weighted by Crippen LogP contribution is -2.19. The fourth-order valence-electron chi connectivity index (χ4n) is 1.44. The molecule has 2 unspecified atom stereocenters. The lowest BCUT2D eigenvalue weighted by molar-refractivity contribution is -0.136. The van der Waals surface area contributed by atoms with E-state index in [2.05, 4.69) is 0 Å². The van der Waals surface area contributed by atoms with Gasteiger partial charge in [-0.3, -0.25) is 9.00 Å². The first-order chi connectivity index (χ1) is 7.66. The molecule has 0 bridgehead atoms. The number of carboxylic acids is 1. The number of benzene rings is 1. The predicted molar refractivity (Wildman–Crippen MR) is 64.7 cm³/mol. The van der Waals surface area contributed by atoms with Gasteiger partial charge in [0.25, 0.3) is 0 Å². The van der Waals surface area contributed by atoms with Crippen LogP contribution in [-0.2, 0) is 15.6 Å². The molecule has 0 heterocycles. The zero-order valence-corrected chi connectivity index (χ0v) is 10.1. The fraction of sp³-hybridized carbons (Fsp3) is 0.417. The number of carbonyl (C=O) groups is 1. The summed E-state index contributed by atoms with van der Waals surface area (Å²) in [4.78, 5) is 11.1. The lowest BCUT2D eigenvalue weighted by atomic mass is 10.1. The Balaban J connectivity index is 2.84. The highest BCUT2D eigenvalue weighted by atomic mass is 32.2. The van der Waals surface area contributed by atoms with Crippen LogP contribution in [0.1, 0.15) is 30.6 Å². The number of unbranched alkanes of at least 4 members (excludes halogenated alkanes) is 1. The minimum Gasteiger partial charge on any atom is -0.480 e. The van der Waals surface area contributed by atoms with E-state index in [1.165, 1.54) is 0 Å². The SMILES string of the molecule is CCCCS(=O)C(C(=O)O)c1ccccc1. The Morgan fingerprint density at radius 1 is 1.38 bits per heavy atom. The van der Waals surface area contributed by atoms with Gasteiger partial charge >= 0.3 is 5.97 Å². The van der Waals surface area contributed by atoms with Gasteiger partial charge in [-0.05, 0) is 12.0 Å². The summed E-state index contributed by atoms with van der Waals surface area (Å²) < 4.78 is 11.9. The molecule has 88 valence electrons. The smallest absolute Gasteiger partial charge is 0.323 e. The summed E-state index contributed by atoms with van der Waals surface area (Å²) in [6.07, 6.45) is 1.72. The largest absolute Gasteiger partial charge is 0.480 e. The molecule has 0 radical (unpaired) electrons. The average Bonchev–Trinajstić information content (AvgIpc) is 2.27. The highest BCUT2D eigenvalue weighted by Gasteiger charge is 2.25. The standard InChI is InChI=1S/C12H16O3S/c1-2-3-9-16(15)11(12(13)14)10-7-5-4-6-8-10/h4-8,11H,2-3,9H2,1H3,(H,13,14). The molecule has 1 rings (SSSR count). The molecule has 16 heavy (non-hydrogen) atoms. The van der Waals surface area contributed by atoms with E-state index in [1.807, 2.05) is 13.0 Å². The van der Waals surface area contributed by atoms with E-state index in [4.69, 9.17) is 5.11 Å². The normalized spacial score (nSPS) is 14.3. The maximum atomic E-state index is 11.9. The van der Waals surface area contributed by atoms with Crippen LogP contribution in [-0.4, -0.2) is 21.0 Å². The maximum absolute atomic E-state index is 11.9. The number of rotatable bonds is 6. The van der Waals surface area contributed by atoms with Crippen LogP contribution >= 0.6 is 0 Å². The first kappa shape index (κ1) is 12.9. The van der Waals surface area contributed by atoms with E-state index in [1.54, 1.807) is 24.3 Å². The Morgan fingerprint density at radius 2 is 2.00 bits per heavy atom. The van der Waals surface area contributed by atoms with E-state index < -0.39 is 22.0 Å². The van der Waals surface area contributed by atoms with E-state index in [9.17, 15) is 9.00 Å². The summed E-state index contributed by atoms with van der Waals surface area (Å²) >= 11 is 0. The quantitative estimate of drug-likeness (QED) is 0.830. The second-order valence-electron chi connectivity index (χ2n) is 3.57. The van der Waals surface area contributed by atoms with Gasteiger partial charge in [0.2, 0.25) is 0 Å². The summed E-state index contributed by atoms with van der Waals surface area (Å²) in [5.41, 5.74) is 0.615. The average molecular weight is 240 g/mol. The van der Waals surface area contributed by atoms with Gasteiger partial charge in [0.1, 0.15) is 0 Å². The zero-order chi connectivity index (χ0) is 12.0. The van der Waals surface area contributed by atoms with Gasteiger partial charge in [0.05, 0.1) is 0 Å². The Hall–Kier alpha value is -1.16. The Kier molecular flexibility index (Phi) is 5.19. The van der Waals surface area contributed by atoms with Crippen molar-refractivity contribution >= 4 is 16.8 Å². The molecule has 2 atom stereocenters. The maximum Gasteiger partial charge on any atom is 0.323 e. The topological polar surface area (TPSA) is 54.4 Å². The third-order valence-corrected chi connectivity index (χ3v) is 3.98. The van der Waals surface area contributed by atoms with Crippen LogP contribution in [0.3, 0.4) is 0 Å². The van der Waals surface area contributed by atoms with Crippen molar-refractivity contribution in [1.29, 1.82) is 0 Å².